The van der Waals surface area contributed by atoms with Crippen molar-refractivity contribution in [2.75, 3.05) is 26.1 Å². The summed E-state index contributed by atoms with van der Waals surface area (Å²) < 4.78 is 15.1. The van der Waals surface area contributed by atoms with Gasteiger partial charge in [0.25, 0.3) is 9.70 Å². The van der Waals surface area contributed by atoms with Crippen LogP contribution < -0.4 is 20.1 Å². The number of carbonyl (C=O) groups excluding carboxylic acids is 3. The highest BCUT2D eigenvalue weighted by molar-refractivity contribution is 6.76. The molecule has 186 valence electrons. The summed E-state index contributed by atoms with van der Waals surface area (Å²) in [6.45, 7) is 2.03. The van der Waals surface area contributed by atoms with Crippen molar-refractivity contribution in [1.82, 2.24) is 9.88 Å². The molecule has 3 aromatic rings. The first-order chi connectivity index (χ1) is 16.6. The van der Waals surface area contributed by atoms with Crippen LogP contribution in [0.15, 0.2) is 42.5 Å². The number of amides is 3. The van der Waals surface area contributed by atoms with E-state index in [1.165, 1.54) is 7.11 Å². The van der Waals surface area contributed by atoms with Crippen LogP contribution >= 0.6 is 34.8 Å². The first kappa shape index (κ1) is 26.5. The van der Waals surface area contributed by atoms with Crippen LogP contribution in [0.1, 0.15) is 23.0 Å². The summed E-state index contributed by atoms with van der Waals surface area (Å²) in [6.07, 6.45) is 0. The number of nitrogens with zero attached hydrogens (tertiary/aromatic N) is 1. The zero-order valence-electron chi connectivity index (χ0n) is 19.0. The molecule has 0 unspecified atom stereocenters. The lowest BCUT2D eigenvalue weighted by Crippen LogP contribution is -2.41. The van der Waals surface area contributed by atoms with Crippen LogP contribution in [-0.2, 0) is 16.1 Å². The molecule has 0 aliphatic heterocycles. The van der Waals surface area contributed by atoms with Crippen molar-refractivity contribution in [3.8, 4) is 11.5 Å². The number of urea groups is 1. The minimum Gasteiger partial charge on any atom is -0.497 e. The number of aromatic nitrogens is 1. The van der Waals surface area contributed by atoms with Gasteiger partial charge in [-0.05, 0) is 42.8 Å². The predicted molar refractivity (Wildman–Crippen MR) is 134 cm³/mol. The maximum absolute atomic E-state index is 13.1. The number of alkyl halides is 3. The summed E-state index contributed by atoms with van der Waals surface area (Å²) >= 11 is 16.6. The molecule has 3 amide bonds. The molecular formula is C23H22Cl3N3O6. The zero-order chi connectivity index (χ0) is 25.8. The van der Waals surface area contributed by atoms with Crippen LogP contribution in [0.2, 0.25) is 0 Å². The van der Waals surface area contributed by atoms with Crippen molar-refractivity contribution in [2.24, 2.45) is 0 Å². The summed E-state index contributed by atoms with van der Waals surface area (Å²) in [5, 5.41) is 4.94. The van der Waals surface area contributed by atoms with Crippen LogP contribution in [0.25, 0.3) is 10.9 Å². The number of esters is 1. The monoisotopic (exact) mass is 541 g/mol. The molecule has 3 rings (SSSR count). The molecule has 0 spiro atoms. The van der Waals surface area contributed by atoms with E-state index >= 15 is 0 Å². The minimum atomic E-state index is -2.35. The highest BCUT2D eigenvalue weighted by atomic mass is 35.6. The standard InChI is InChI=1S/C23H22Cl3N3O6/c1-4-35-20(30)19-18(27-22(32)28-21(31)23(24,25)26)16-11-15(34-3)9-10-17(16)29(19)12-13-5-7-14(33-2)8-6-13/h5-11H,4,12H2,1-3H3,(H2,27,28,31,32). The Labute approximate surface area is 216 Å². The normalized spacial score (nSPS) is 11.1. The predicted octanol–water partition coefficient (Wildman–Crippen LogP) is 4.90. The number of ether oxygens (including phenoxy) is 3. The summed E-state index contributed by atoms with van der Waals surface area (Å²) in [4.78, 5) is 37.6. The Bertz CT molecular complexity index is 1250. The Balaban J connectivity index is 2.15. The number of hydrogen-bond acceptors (Lipinski definition) is 6. The fraction of sp³-hybridized carbons (Fsp3) is 0.261. The number of imide groups is 1. The van der Waals surface area contributed by atoms with E-state index in [1.807, 2.05) is 17.4 Å². The maximum atomic E-state index is 13.1. The molecule has 2 aromatic carbocycles. The van der Waals surface area contributed by atoms with Crippen molar-refractivity contribution < 1.29 is 28.6 Å². The molecule has 0 aliphatic rings. The summed E-state index contributed by atoms with van der Waals surface area (Å²) in [5.41, 5.74) is 1.61. The lowest BCUT2D eigenvalue weighted by atomic mass is 10.2. The molecule has 2 N–H and O–H groups in total. The first-order valence-electron chi connectivity index (χ1n) is 10.3. The third-order valence-electron chi connectivity index (χ3n) is 4.96. The zero-order valence-corrected chi connectivity index (χ0v) is 21.3. The number of halogens is 3. The average molecular weight is 543 g/mol. The van der Waals surface area contributed by atoms with Gasteiger partial charge >= 0.3 is 12.0 Å². The van der Waals surface area contributed by atoms with Crippen molar-refractivity contribution in [3.63, 3.8) is 0 Å². The van der Waals surface area contributed by atoms with Gasteiger partial charge in [0.2, 0.25) is 0 Å². The van der Waals surface area contributed by atoms with E-state index in [1.54, 1.807) is 48.9 Å². The van der Waals surface area contributed by atoms with Gasteiger partial charge < -0.3 is 24.1 Å². The number of hydrogen-bond donors (Lipinski definition) is 2. The van der Waals surface area contributed by atoms with E-state index in [2.05, 4.69) is 5.32 Å². The van der Waals surface area contributed by atoms with Gasteiger partial charge in [-0.3, -0.25) is 10.1 Å². The molecule has 9 nitrogen and oxygen atoms in total. The Morgan fingerprint density at radius 2 is 1.60 bits per heavy atom. The molecule has 1 aromatic heterocycles. The van der Waals surface area contributed by atoms with E-state index in [0.29, 0.717) is 22.4 Å². The van der Waals surface area contributed by atoms with Gasteiger partial charge in [0.05, 0.1) is 32.0 Å². The van der Waals surface area contributed by atoms with Crippen LogP contribution in [0, 0.1) is 0 Å². The molecular weight excluding hydrogens is 521 g/mol. The number of nitrogens with one attached hydrogen (secondary N) is 2. The van der Waals surface area contributed by atoms with Crippen molar-refractivity contribution in [3.05, 3.63) is 53.7 Å². The largest absolute Gasteiger partial charge is 0.497 e. The topological polar surface area (TPSA) is 108 Å². The SMILES string of the molecule is CCOC(=O)c1c(NC(=O)NC(=O)C(Cl)(Cl)Cl)c2cc(OC)ccc2n1Cc1ccc(OC)cc1. The second-order valence-corrected chi connectivity index (χ2v) is 9.45. The summed E-state index contributed by atoms with van der Waals surface area (Å²) in [7, 11) is 3.05. The maximum Gasteiger partial charge on any atom is 0.357 e. The first-order valence-corrected chi connectivity index (χ1v) is 11.4. The van der Waals surface area contributed by atoms with Gasteiger partial charge in [0, 0.05) is 11.9 Å². The van der Waals surface area contributed by atoms with Crippen molar-refractivity contribution in [2.45, 2.75) is 17.3 Å². The van der Waals surface area contributed by atoms with Crippen LogP contribution in [0.4, 0.5) is 10.5 Å². The molecule has 35 heavy (non-hydrogen) atoms. The number of fused-ring (bicyclic) bond motifs is 1. The van der Waals surface area contributed by atoms with Gasteiger partial charge in [-0.25, -0.2) is 9.59 Å². The van der Waals surface area contributed by atoms with Gasteiger partial charge in [0.1, 0.15) is 11.5 Å². The van der Waals surface area contributed by atoms with Crippen molar-refractivity contribution >= 4 is 69.3 Å². The molecule has 0 fully saturated rings. The fourth-order valence-corrected chi connectivity index (χ4v) is 3.54. The number of methoxy groups -OCH3 is 2. The van der Waals surface area contributed by atoms with Gasteiger partial charge in [-0.1, -0.05) is 46.9 Å². The lowest BCUT2D eigenvalue weighted by molar-refractivity contribution is -0.119. The van der Waals surface area contributed by atoms with E-state index in [9.17, 15) is 14.4 Å². The van der Waals surface area contributed by atoms with Crippen LogP contribution in [-0.4, -0.2) is 47.1 Å². The Hall–Kier alpha value is -3.14. The lowest BCUT2D eigenvalue weighted by Gasteiger charge is -2.14. The fourth-order valence-electron chi connectivity index (χ4n) is 3.40. The second-order valence-electron chi connectivity index (χ2n) is 7.17. The Kier molecular flexibility index (Phi) is 8.37. The Morgan fingerprint density at radius 3 is 2.17 bits per heavy atom. The number of carbonyl (C=O) groups is 3. The molecule has 0 atom stereocenters. The quantitative estimate of drug-likeness (QED) is 0.325. The highest BCUT2D eigenvalue weighted by Gasteiger charge is 2.33. The molecule has 0 saturated heterocycles. The molecule has 1 heterocycles. The molecule has 0 bridgehead atoms. The third kappa shape index (κ3) is 6.11. The third-order valence-corrected chi connectivity index (χ3v) is 5.48. The minimum absolute atomic E-state index is 0.0578. The van der Waals surface area contributed by atoms with E-state index in [4.69, 9.17) is 49.0 Å². The summed E-state index contributed by atoms with van der Waals surface area (Å²) in [5.74, 6) is -0.675. The average Bonchev–Trinajstić information content (AvgIpc) is 3.11. The van der Waals surface area contributed by atoms with E-state index in [-0.39, 0.29) is 24.5 Å². The molecule has 0 aliphatic carbocycles. The molecule has 0 radical (unpaired) electrons. The van der Waals surface area contributed by atoms with Crippen molar-refractivity contribution in [1.29, 1.82) is 0 Å². The second kappa shape index (κ2) is 11.1. The summed E-state index contributed by atoms with van der Waals surface area (Å²) in [6, 6.07) is 11.4. The van der Waals surface area contributed by atoms with Gasteiger partial charge in [-0.15, -0.1) is 0 Å². The highest BCUT2D eigenvalue weighted by Crippen LogP contribution is 2.35. The smallest absolute Gasteiger partial charge is 0.357 e. The van der Waals surface area contributed by atoms with E-state index in [0.717, 1.165) is 5.56 Å². The van der Waals surface area contributed by atoms with E-state index < -0.39 is 21.7 Å². The number of anilines is 1. The van der Waals surface area contributed by atoms with Crippen LogP contribution in [0.3, 0.4) is 0 Å². The molecule has 12 heteroatoms. The van der Waals surface area contributed by atoms with Gasteiger partial charge in [-0.2, -0.15) is 0 Å². The molecule has 0 saturated carbocycles. The van der Waals surface area contributed by atoms with Gasteiger partial charge in [0.15, 0.2) is 5.69 Å². The Morgan fingerprint density at radius 1 is 0.971 bits per heavy atom. The number of benzene rings is 2. The number of rotatable bonds is 7. The van der Waals surface area contributed by atoms with Crippen LogP contribution in [0.5, 0.6) is 11.5 Å².